The van der Waals surface area contributed by atoms with E-state index in [0.717, 1.165) is 32.5 Å². The summed E-state index contributed by atoms with van der Waals surface area (Å²) in [6.07, 6.45) is 2.22. The first kappa shape index (κ1) is 12.6. The van der Waals surface area contributed by atoms with Crippen LogP contribution in [0.15, 0.2) is 24.3 Å². The van der Waals surface area contributed by atoms with Crippen LogP contribution in [0.3, 0.4) is 0 Å². The molecule has 17 heavy (non-hydrogen) atoms. The molecule has 3 nitrogen and oxygen atoms in total. The largest absolute Gasteiger partial charge is 0.376 e. The molecule has 1 aromatic carbocycles. The molecule has 3 N–H and O–H groups in total. The molecule has 2 atom stereocenters. The van der Waals surface area contributed by atoms with Crippen molar-refractivity contribution in [2.24, 2.45) is 5.73 Å². The van der Waals surface area contributed by atoms with Crippen molar-refractivity contribution < 1.29 is 4.74 Å². The van der Waals surface area contributed by atoms with Crippen molar-refractivity contribution in [1.82, 2.24) is 5.32 Å². The van der Waals surface area contributed by atoms with E-state index in [2.05, 4.69) is 36.5 Å². The highest BCUT2D eigenvalue weighted by atomic mass is 16.5. The minimum absolute atomic E-state index is 0.0748. The number of rotatable bonds is 4. The average Bonchev–Trinajstić information content (AvgIpc) is 2.40. The van der Waals surface area contributed by atoms with Gasteiger partial charge >= 0.3 is 0 Å². The van der Waals surface area contributed by atoms with Gasteiger partial charge in [0.15, 0.2) is 0 Å². The monoisotopic (exact) mass is 234 g/mol. The van der Waals surface area contributed by atoms with Gasteiger partial charge in [0.1, 0.15) is 0 Å². The molecule has 2 rings (SSSR count). The molecule has 1 heterocycles. The van der Waals surface area contributed by atoms with Gasteiger partial charge in [0.2, 0.25) is 0 Å². The number of aryl methyl sites for hydroxylation is 1. The van der Waals surface area contributed by atoms with Crippen LogP contribution in [-0.4, -0.2) is 25.8 Å². The summed E-state index contributed by atoms with van der Waals surface area (Å²) in [5.74, 6) is 0. The highest BCUT2D eigenvalue weighted by molar-refractivity contribution is 5.24. The Labute approximate surface area is 103 Å². The van der Waals surface area contributed by atoms with Gasteiger partial charge in [-0.3, -0.25) is 0 Å². The van der Waals surface area contributed by atoms with Crippen LogP contribution in [0.4, 0.5) is 0 Å². The summed E-state index contributed by atoms with van der Waals surface area (Å²) in [6.45, 7) is 4.83. The third-order valence-electron chi connectivity index (χ3n) is 3.34. The molecule has 1 aliphatic rings. The fourth-order valence-corrected chi connectivity index (χ4v) is 2.19. The Hall–Kier alpha value is -0.900. The van der Waals surface area contributed by atoms with Crippen molar-refractivity contribution in [3.8, 4) is 0 Å². The SMILES string of the molecule is CCc1ccc(C(N)CC2CNCCO2)cc1. The molecular weight excluding hydrogens is 212 g/mol. The van der Waals surface area contributed by atoms with E-state index in [1.165, 1.54) is 11.1 Å². The Morgan fingerprint density at radius 1 is 1.41 bits per heavy atom. The zero-order valence-electron chi connectivity index (χ0n) is 10.5. The number of hydrogen-bond acceptors (Lipinski definition) is 3. The van der Waals surface area contributed by atoms with E-state index >= 15 is 0 Å². The van der Waals surface area contributed by atoms with Crippen molar-refractivity contribution in [2.75, 3.05) is 19.7 Å². The quantitative estimate of drug-likeness (QED) is 0.832. The highest BCUT2D eigenvalue weighted by Gasteiger charge is 2.17. The normalized spacial score (nSPS) is 22.4. The van der Waals surface area contributed by atoms with Gasteiger partial charge < -0.3 is 15.8 Å². The molecule has 1 fully saturated rings. The predicted octanol–water partition coefficient (Wildman–Crippen LogP) is 1.63. The van der Waals surface area contributed by atoms with Crippen LogP contribution in [-0.2, 0) is 11.2 Å². The van der Waals surface area contributed by atoms with E-state index in [1.54, 1.807) is 0 Å². The first-order valence-electron chi connectivity index (χ1n) is 6.46. The standard InChI is InChI=1S/C14H22N2O/c1-2-11-3-5-12(6-4-11)14(15)9-13-10-16-7-8-17-13/h3-6,13-14,16H,2,7-10,15H2,1H3. The van der Waals surface area contributed by atoms with Crippen LogP contribution in [0, 0.1) is 0 Å². The molecule has 0 radical (unpaired) electrons. The minimum atomic E-state index is 0.0748. The maximum absolute atomic E-state index is 6.21. The number of benzene rings is 1. The smallest absolute Gasteiger partial charge is 0.0718 e. The number of morpholine rings is 1. The second-order valence-electron chi connectivity index (χ2n) is 4.63. The van der Waals surface area contributed by atoms with Crippen LogP contribution < -0.4 is 11.1 Å². The van der Waals surface area contributed by atoms with Crippen LogP contribution >= 0.6 is 0 Å². The van der Waals surface area contributed by atoms with Gasteiger partial charge in [-0.25, -0.2) is 0 Å². The summed E-state index contributed by atoms with van der Waals surface area (Å²) in [4.78, 5) is 0. The molecule has 0 spiro atoms. The molecule has 1 aliphatic heterocycles. The van der Waals surface area contributed by atoms with E-state index in [1.807, 2.05) is 0 Å². The van der Waals surface area contributed by atoms with Crippen LogP contribution in [0.2, 0.25) is 0 Å². The third-order valence-corrected chi connectivity index (χ3v) is 3.34. The van der Waals surface area contributed by atoms with Crippen LogP contribution in [0.25, 0.3) is 0 Å². The molecule has 3 heteroatoms. The molecule has 1 saturated heterocycles. The summed E-state index contributed by atoms with van der Waals surface area (Å²) >= 11 is 0. The Balaban J connectivity index is 1.91. The fourth-order valence-electron chi connectivity index (χ4n) is 2.19. The lowest BCUT2D eigenvalue weighted by atomic mass is 9.99. The van der Waals surface area contributed by atoms with Crippen molar-refractivity contribution in [1.29, 1.82) is 0 Å². The van der Waals surface area contributed by atoms with Crippen LogP contribution in [0.5, 0.6) is 0 Å². The lowest BCUT2D eigenvalue weighted by molar-refractivity contribution is 0.0195. The summed E-state index contributed by atoms with van der Waals surface area (Å²) in [5.41, 5.74) is 8.77. The van der Waals surface area contributed by atoms with Gasteiger partial charge in [-0.15, -0.1) is 0 Å². The van der Waals surface area contributed by atoms with Crippen molar-refractivity contribution in [3.05, 3.63) is 35.4 Å². The third kappa shape index (κ3) is 3.53. The number of nitrogens with one attached hydrogen (secondary N) is 1. The van der Waals surface area contributed by atoms with Gasteiger partial charge in [0.25, 0.3) is 0 Å². The highest BCUT2D eigenvalue weighted by Crippen LogP contribution is 2.18. The first-order valence-corrected chi connectivity index (χ1v) is 6.46. The maximum atomic E-state index is 6.21. The Kier molecular flexibility index (Phi) is 4.54. The van der Waals surface area contributed by atoms with Crippen molar-refractivity contribution >= 4 is 0 Å². The number of nitrogens with two attached hydrogens (primary N) is 1. The predicted molar refractivity (Wildman–Crippen MR) is 70.0 cm³/mol. The molecule has 0 amide bonds. The molecule has 1 aromatic rings. The maximum Gasteiger partial charge on any atom is 0.0718 e. The topological polar surface area (TPSA) is 47.3 Å². The van der Waals surface area contributed by atoms with E-state index in [-0.39, 0.29) is 12.1 Å². The molecule has 0 saturated carbocycles. The fraction of sp³-hybridized carbons (Fsp3) is 0.571. The molecule has 0 aromatic heterocycles. The Morgan fingerprint density at radius 2 is 2.18 bits per heavy atom. The van der Waals surface area contributed by atoms with Crippen molar-refractivity contribution in [2.45, 2.75) is 31.9 Å². The van der Waals surface area contributed by atoms with Crippen LogP contribution in [0.1, 0.15) is 30.5 Å². The average molecular weight is 234 g/mol. The molecule has 0 bridgehead atoms. The zero-order valence-corrected chi connectivity index (χ0v) is 10.5. The van der Waals surface area contributed by atoms with E-state index in [9.17, 15) is 0 Å². The van der Waals surface area contributed by atoms with Gasteiger partial charge in [-0.05, 0) is 24.0 Å². The van der Waals surface area contributed by atoms with Gasteiger partial charge in [-0.2, -0.15) is 0 Å². The number of ether oxygens (including phenoxy) is 1. The Bertz CT molecular complexity index is 331. The van der Waals surface area contributed by atoms with Gasteiger partial charge in [0, 0.05) is 19.1 Å². The van der Waals surface area contributed by atoms with Crippen molar-refractivity contribution in [3.63, 3.8) is 0 Å². The molecular formula is C14H22N2O. The number of hydrogen-bond donors (Lipinski definition) is 2. The zero-order chi connectivity index (χ0) is 12.1. The lowest BCUT2D eigenvalue weighted by Crippen LogP contribution is -2.40. The molecule has 2 unspecified atom stereocenters. The summed E-state index contributed by atoms with van der Waals surface area (Å²) in [5, 5.41) is 3.33. The van der Waals surface area contributed by atoms with Gasteiger partial charge in [-0.1, -0.05) is 31.2 Å². The summed E-state index contributed by atoms with van der Waals surface area (Å²) < 4.78 is 5.67. The summed E-state index contributed by atoms with van der Waals surface area (Å²) in [7, 11) is 0. The molecule has 0 aliphatic carbocycles. The second-order valence-corrected chi connectivity index (χ2v) is 4.63. The lowest BCUT2D eigenvalue weighted by Gasteiger charge is -2.26. The second kappa shape index (κ2) is 6.15. The van der Waals surface area contributed by atoms with E-state index < -0.39 is 0 Å². The Morgan fingerprint density at radius 3 is 2.76 bits per heavy atom. The minimum Gasteiger partial charge on any atom is -0.376 e. The van der Waals surface area contributed by atoms with E-state index in [4.69, 9.17) is 10.5 Å². The molecule has 94 valence electrons. The van der Waals surface area contributed by atoms with Gasteiger partial charge in [0.05, 0.1) is 12.7 Å². The van der Waals surface area contributed by atoms with E-state index in [0.29, 0.717) is 0 Å². The summed E-state index contributed by atoms with van der Waals surface area (Å²) in [6, 6.07) is 8.68. The first-order chi connectivity index (χ1) is 8.29.